The van der Waals surface area contributed by atoms with Gasteiger partial charge in [-0.1, -0.05) is 72.8 Å². The zero-order valence-corrected chi connectivity index (χ0v) is 28.6. The fourth-order valence-corrected chi connectivity index (χ4v) is 8.34. The molecule has 2 aliphatic rings. The molecule has 0 aliphatic carbocycles. The zero-order chi connectivity index (χ0) is 33.9. The quantitative estimate of drug-likeness (QED) is 0.193. The fourth-order valence-electron chi connectivity index (χ4n) is 8.34. The van der Waals surface area contributed by atoms with Gasteiger partial charge in [0.15, 0.2) is 11.3 Å². The van der Waals surface area contributed by atoms with Crippen LogP contribution >= 0.6 is 0 Å². The standard InChI is InChI=1S/C40H46N8O2/c49-39-45-21-9-7-15-37(45)41-47(39)29-35(27-43-23-17-33(18-24-43)31-11-3-1-4-12-31)36(30-48-40(50)46-22-10-8-16-38(46)42-48)28-44-25-19-34(20-26-44)32-13-5-2-6-14-32/h1-16,21-22,33-36H,17-20,23-30H2. The number of hydrogen-bond donors (Lipinski definition) is 0. The maximum absolute atomic E-state index is 13.6. The first-order chi connectivity index (χ1) is 24.6. The molecule has 10 nitrogen and oxygen atoms in total. The predicted octanol–water partition coefficient (Wildman–Crippen LogP) is 5.00. The summed E-state index contributed by atoms with van der Waals surface area (Å²) in [5.74, 6) is 1.25. The Balaban J connectivity index is 1.09. The van der Waals surface area contributed by atoms with Crippen molar-refractivity contribution in [1.29, 1.82) is 0 Å². The molecule has 10 heteroatoms. The molecule has 0 spiro atoms. The largest absolute Gasteiger partial charge is 0.350 e. The van der Waals surface area contributed by atoms with Crippen molar-refractivity contribution in [2.75, 3.05) is 39.3 Å². The summed E-state index contributed by atoms with van der Waals surface area (Å²) in [5.41, 5.74) is 3.89. The molecule has 4 aromatic heterocycles. The number of hydrogen-bond acceptors (Lipinski definition) is 6. The Labute approximate surface area is 292 Å². The van der Waals surface area contributed by atoms with E-state index in [9.17, 15) is 9.59 Å². The van der Waals surface area contributed by atoms with Crippen LogP contribution in [-0.2, 0) is 13.1 Å². The highest BCUT2D eigenvalue weighted by Gasteiger charge is 2.32. The van der Waals surface area contributed by atoms with Crippen LogP contribution in [0.5, 0.6) is 0 Å². The van der Waals surface area contributed by atoms with E-state index < -0.39 is 0 Å². The second-order valence-corrected chi connectivity index (χ2v) is 14.3. The van der Waals surface area contributed by atoms with Gasteiger partial charge in [0, 0.05) is 25.5 Å². The number of aromatic nitrogens is 6. The van der Waals surface area contributed by atoms with E-state index in [2.05, 4.69) is 70.5 Å². The van der Waals surface area contributed by atoms with Crippen molar-refractivity contribution < 1.29 is 0 Å². The molecule has 258 valence electrons. The first kappa shape index (κ1) is 32.4. The number of rotatable bonds is 11. The first-order valence-electron chi connectivity index (χ1n) is 18.2. The Hall–Kier alpha value is -4.80. The van der Waals surface area contributed by atoms with Crippen molar-refractivity contribution >= 4 is 11.3 Å². The molecule has 0 N–H and O–H groups in total. The van der Waals surface area contributed by atoms with Gasteiger partial charge in [-0.25, -0.2) is 19.0 Å². The monoisotopic (exact) mass is 670 g/mol. The van der Waals surface area contributed by atoms with Gasteiger partial charge >= 0.3 is 11.4 Å². The number of fused-ring (bicyclic) bond motifs is 2. The number of benzene rings is 2. The third kappa shape index (κ3) is 6.95. The number of likely N-dealkylation sites (tertiary alicyclic amines) is 2. The highest BCUT2D eigenvalue weighted by atomic mass is 16.2. The zero-order valence-electron chi connectivity index (χ0n) is 28.6. The summed E-state index contributed by atoms with van der Waals surface area (Å²) in [5, 5.41) is 9.55. The van der Waals surface area contributed by atoms with Gasteiger partial charge in [-0.15, -0.1) is 10.2 Å². The van der Waals surface area contributed by atoms with Gasteiger partial charge in [0.1, 0.15) is 0 Å². The summed E-state index contributed by atoms with van der Waals surface area (Å²) in [6, 6.07) is 33.1. The molecule has 0 saturated carbocycles. The highest BCUT2D eigenvalue weighted by Crippen LogP contribution is 2.31. The van der Waals surface area contributed by atoms with E-state index in [0.29, 0.717) is 36.2 Å². The number of nitrogens with zero attached hydrogens (tertiary/aromatic N) is 8. The molecule has 6 heterocycles. The van der Waals surface area contributed by atoms with E-state index in [1.54, 1.807) is 30.6 Å². The topological polar surface area (TPSA) is 85.1 Å². The van der Waals surface area contributed by atoms with E-state index >= 15 is 0 Å². The molecule has 0 bridgehead atoms. The average Bonchev–Trinajstić information content (AvgIpc) is 3.67. The van der Waals surface area contributed by atoms with Crippen LogP contribution in [0.25, 0.3) is 11.3 Å². The fraction of sp³-hybridized carbons (Fsp3) is 0.400. The normalized spacial score (nSPS) is 18.2. The lowest BCUT2D eigenvalue weighted by molar-refractivity contribution is 0.0938. The van der Waals surface area contributed by atoms with E-state index in [0.717, 1.165) is 65.0 Å². The summed E-state index contributed by atoms with van der Waals surface area (Å²) in [7, 11) is 0. The van der Waals surface area contributed by atoms with Gasteiger partial charge in [0.2, 0.25) is 0 Å². The van der Waals surface area contributed by atoms with Crippen LogP contribution in [0.4, 0.5) is 0 Å². The Morgan fingerprint density at radius 2 is 0.880 bits per heavy atom. The van der Waals surface area contributed by atoms with Gasteiger partial charge in [0.05, 0.1) is 13.1 Å². The van der Waals surface area contributed by atoms with Crippen LogP contribution in [0.2, 0.25) is 0 Å². The van der Waals surface area contributed by atoms with Crippen molar-refractivity contribution in [2.24, 2.45) is 11.8 Å². The second-order valence-electron chi connectivity index (χ2n) is 14.3. The van der Waals surface area contributed by atoms with Gasteiger partial charge in [-0.05, 0) is 111 Å². The molecule has 0 radical (unpaired) electrons. The Kier molecular flexibility index (Phi) is 9.45. The lowest BCUT2D eigenvalue weighted by Gasteiger charge is -2.39. The third-order valence-electron chi connectivity index (χ3n) is 11.2. The van der Waals surface area contributed by atoms with Crippen LogP contribution in [-0.4, -0.2) is 77.4 Å². The minimum atomic E-state index is -0.124. The molecule has 2 saturated heterocycles. The summed E-state index contributed by atoms with van der Waals surface area (Å²) in [4.78, 5) is 32.4. The Morgan fingerprint density at radius 3 is 1.26 bits per heavy atom. The molecule has 50 heavy (non-hydrogen) atoms. The molecule has 6 aromatic rings. The molecule has 2 aromatic carbocycles. The van der Waals surface area contributed by atoms with Crippen molar-refractivity contribution in [3.63, 3.8) is 0 Å². The van der Waals surface area contributed by atoms with Crippen molar-refractivity contribution in [1.82, 2.24) is 38.2 Å². The summed E-state index contributed by atoms with van der Waals surface area (Å²) in [6.07, 6.45) is 8.00. The van der Waals surface area contributed by atoms with Gasteiger partial charge in [-0.2, -0.15) is 0 Å². The minimum absolute atomic E-state index is 0.0643. The summed E-state index contributed by atoms with van der Waals surface area (Å²) >= 11 is 0. The first-order valence-corrected chi connectivity index (χ1v) is 18.2. The van der Waals surface area contributed by atoms with Crippen LogP contribution in [0.3, 0.4) is 0 Å². The van der Waals surface area contributed by atoms with Crippen molar-refractivity contribution in [3.8, 4) is 0 Å². The van der Waals surface area contributed by atoms with Gasteiger partial charge < -0.3 is 9.80 Å². The maximum Gasteiger partial charge on any atom is 0.350 e. The minimum Gasteiger partial charge on any atom is -0.303 e. The van der Waals surface area contributed by atoms with E-state index in [-0.39, 0.29) is 23.2 Å². The summed E-state index contributed by atoms with van der Waals surface area (Å²) < 4.78 is 6.55. The highest BCUT2D eigenvalue weighted by molar-refractivity contribution is 5.36. The Morgan fingerprint density at radius 1 is 0.500 bits per heavy atom. The SMILES string of the molecule is O=c1n(CC(CN2CCC(c3ccccc3)CC2)C(CN2CCC(c3ccccc3)CC2)Cn2nc3ccccn3c2=O)nc2ccccn12. The lowest BCUT2D eigenvalue weighted by Crippen LogP contribution is -2.46. The molecule has 2 fully saturated rings. The van der Waals surface area contributed by atoms with E-state index in [1.165, 1.54) is 11.1 Å². The van der Waals surface area contributed by atoms with Gasteiger partial charge in [-0.3, -0.25) is 8.80 Å². The second kappa shape index (κ2) is 14.6. The van der Waals surface area contributed by atoms with Crippen molar-refractivity contribution in [3.05, 3.63) is 142 Å². The molecule has 2 atom stereocenters. The predicted molar refractivity (Wildman–Crippen MR) is 196 cm³/mol. The average molecular weight is 671 g/mol. The van der Waals surface area contributed by atoms with Crippen LogP contribution in [0, 0.1) is 11.8 Å². The molecule has 2 aliphatic heterocycles. The van der Waals surface area contributed by atoms with Gasteiger partial charge in [0.25, 0.3) is 0 Å². The third-order valence-corrected chi connectivity index (χ3v) is 11.2. The van der Waals surface area contributed by atoms with Crippen molar-refractivity contribution in [2.45, 2.75) is 50.6 Å². The maximum atomic E-state index is 13.6. The van der Waals surface area contributed by atoms with E-state index in [4.69, 9.17) is 10.2 Å². The smallest absolute Gasteiger partial charge is 0.303 e. The van der Waals surface area contributed by atoms with E-state index in [1.807, 2.05) is 36.4 Å². The molecule has 0 amide bonds. The lowest BCUT2D eigenvalue weighted by atomic mass is 9.86. The number of pyridine rings is 2. The molecular weight excluding hydrogens is 624 g/mol. The number of piperidine rings is 2. The summed E-state index contributed by atoms with van der Waals surface area (Å²) in [6.45, 7) is 6.61. The molecule has 2 unspecified atom stereocenters. The Bertz CT molecular complexity index is 1970. The van der Waals surface area contributed by atoms with Crippen LogP contribution in [0.15, 0.2) is 119 Å². The molecule has 8 rings (SSSR count). The van der Waals surface area contributed by atoms with Crippen LogP contribution < -0.4 is 11.4 Å². The van der Waals surface area contributed by atoms with Crippen LogP contribution in [0.1, 0.15) is 48.6 Å². The molecular formula is C40H46N8O2.